The topological polar surface area (TPSA) is 47.6 Å². The fraction of sp³-hybridized carbons (Fsp3) is 0.235. The number of amides is 1. The molecule has 22 heavy (non-hydrogen) atoms. The maximum Gasteiger partial charge on any atom is 0.225 e. The van der Waals surface area contributed by atoms with E-state index >= 15 is 0 Å². The average Bonchev–Trinajstić information content (AvgIpc) is 2.53. The molecule has 1 aliphatic rings. The minimum absolute atomic E-state index is 0.00707. The van der Waals surface area contributed by atoms with Crippen LogP contribution in [-0.2, 0) is 11.2 Å². The number of hydrogen-bond acceptors (Lipinski definition) is 3. The van der Waals surface area contributed by atoms with Crippen LogP contribution in [0, 0.1) is 0 Å². The van der Waals surface area contributed by atoms with Gasteiger partial charge in [-0.05, 0) is 41.0 Å². The summed E-state index contributed by atoms with van der Waals surface area (Å²) in [7, 11) is 3.21. The monoisotopic (exact) mass is 361 g/mol. The number of carbonyl (C=O) groups excluding carboxylic acids is 1. The molecule has 0 radical (unpaired) electrons. The van der Waals surface area contributed by atoms with Gasteiger partial charge in [-0.1, -0.05) is 28.1 Å². The molecule has 0 unspecified atom stereocenters. The number of benzene rings is 2. The highest BCUT2D eigenvalue weighted by Gasteiger charge is 2.27. The smallest absolute Gasteiger partial charge is 0.225 e. The third kappa shape index (κ3) is 2.68. The number of halogens is 1. The first-order valence-electron chi connectivity index (χ1n) is 6.92. The van der Waals surface area contributed by atoms with E-state index in [1.54, 1.807) is 14.2 Å². The molecule has 1 heterocycles. The summed E-state index contributed by atoms with van der Waals surface area (Å²) in [5.74, 6) is 1.32. The van der Waals surface area contributed by atoms with Crippen molar-refractivity contribution in [3.63, 3.8) is 0 Å². The summed E-state index contributed by atoms with van der Waals surface area (Å²) >= 11 is 3.43. The highest BCUT2D eigenvalue weighted by atomic mass is 79.9. The van der Waals surface area contributed by atoms with Crippen LogP contribution in [0.4, 0.5) is 0 Å². The van der Waals surface area contributed by atoms with Crippen molar-refractivity contribution >= 4 is 21.8 Å². The summed E-state index contributed by atoms with van der Waals surface area (Å²) in [4.78, 5) is 12.0. The molecule has 0 saturated heterocycles. The van der Waals surface area contributed by atoms with Crippen LogP contribution in [0.25, 0.3) is 0 Å². The van der Waals surface area contributed by atoms with Crippen LogP contribution < -0.4 is 14.8 Å². The number of hydrogen-bond donors (Lipinski definition) is 1. The molecule has 0 bridgehead atoms. The van der Waals surface area contributed by atoms with Crippen molar-refractivity contribution in [2.45, 2.75) is 12.5 Å². The van der Waals surface area contributed by atoms with E-state index in [2.05, 4.69) is 21.2 Å². The van der Waals surface area contributed by atoms with E-state index in [-0.39, 0.29) is 11.9 Å². The van der Waals surface area contributed by atoms with Crippen molar-refractivity contribution in [2.75, 3.05) is 14.2 Å². The Morgan fingerprint density at radius 1 is 1.09 bits per heavy atom. The fourth-order valence-corrected chi connectivity index (χ4v) is 3.00. The molecule has 0 aromatic heterocycles. The van der Waals surface area contributed by atoms with Gasteiger partial charge >= 0.3 is 0 Å². The zero-order valence-corrected chi connectivity index (χ0v) is 13.9. The fourth-order valence-electron chi connectivity index (χ4n) is 2.74. The quantitative estimate of drug-likeness (QED) is 0.912. The lowest BCUT2D eigenvalue weighted by Gasteiger charge is -2.28. The molecule has 4 nitrogen and oxygen atoms in total. The molecule has 114 valence electrons. The molecule has 1 aliphatic heterocycles. The largest absolute Gasteiger partial charge is 0.493 e. The minimum Gasteiger partial charge on any atom is -0.493 e. The van der Waals surface area contributed by atoms with Gasteiger partial charge in [0.2, 0.25) is 5.91 Å². The van der Waals surface area contributed by atoms with E-state index in [0.29, 0.717) is 17.9 Å². The molecular weight excluding hydrogens is 346 g/mol. The molecule has 2 aromatic carbocycles. The lowest BCUT2D eigenvalue weighted by Crippen LogP contribution is -2.35. The predicted molar refractivity (Wildman–Crippen MR) is 87.4 cm³/mol. The zero-order valence-electron chi connectivity index (χ0n) is 12.4. The molecule has 1 N–H and O–H groups in total. The van der Waals surface area contributed by atoms with Gasteiger partial charge in [0.25, 0.3) is 0 Å². The lowest BCUT2D eigenvalue weighted by atomic mass is 9.89. The van der Waals surface area contributed by atoms with Gasteiger partial charge in [0, 0.05) is 4.47 Å². The molecule has 1 amide bonds. The van der Waals surface area contributed by atoms with Gasteiger partial charge in [-0.3, -0.25) is 4.79 Å². The Morgan fingerprint density at radius 3 is 2.36 bits per heavy atom. The van der Waals surface area contributed by atoms with Crippen molar-refractivity contribution in [3.8, 4) is 11.5 Å². The lowest BCUT2D eigenvalue weighted by molar-refractivity contribution is -0.121. The van der Waals surface area contributed by atoms with Crippen LogP contribution in [0.1, 0.15) is 22.7 Å². The summed E-state index contributed by atoms with van der Waals surface area (Å²) in [5.41, 5.74) is 3.04. The normalized spacial score (nSPS) is 16.7. The summed E-state index contributed by atoms with van der Waals surface area (Å²) < 4.78 is 11.7. The van der Waals surface area contributed by atoms with E-state index in [1.807, 2.05) is 36.4 Å². The molecule has 0 spiro atoms. The van der Waals surface area contributed by atoms with Crippen LogP contribution in [0.15, 0.2) is 40.9 Å². The number of ether oxygens (including phenoxy) is 2. The summed E-state index contributed by atoms with van der Waals surface area (Å²) in [5, 5.41) is 3.05. The molecule has 0 aliphatic carbocycles. The molecular formula is C17H16BrNO3. The van der Waals surface area contributed by atoms with Gasteiger partial charge in [-0.2, -0.15) is 0 Å². The Morgan fingerprint density at radius 2 is 1.73 bits per heavy atom. The Hall–Kier alpha value is -2.01. The summed E-state index contributed by atoms with van der Waals surface area (Å²) in [6.07, 6.45) is 0.350. The Labute approximate surface area is 137 Å². The van der Waals surface area contributed by atoms with E-state index in [1.165, 1.54) is 0 Å². The second-order valence-corrected chi connectivity index (χ2v) is 6.05. The van der Waals surface area contributed by atoms with Gasteiger partial charge in [0.1, 0.15) is 0 Å². The molecule has 2 aromatic rings. The average molecular weight is 362 g/mol. The molecule has 0 fully saturated rings. The molecule has 0 saturated carbocycles. The van der Waals surface area contributed by atoms with Crippen LogP contribution in [0.5, 0.6) is 11.5 Å². The van der Waals surface area contributed by atoms with Crippen molar-refractivity contribution in [3.05, 3.63) is 57.6 Å². The third-order valence-corrected chi connectivity index (χ3v) is 4.34. The Balaban J connectivity index is 2.11. The standard InChI is InChI=1S/C17H16BrNO3/c1-21-14-7-11-8-16(20)19-17(13(11)9-15(14)22-2)10-3-5-12(18)6-4-10/h3-7,9,17H,8H2,1-2H3,(H,19,20)/t17-/m1/s1. The third-order valence-electron chi connectivity index (χ3n) is 3.82. The van der Waals surface area contributed by atoms with E-state index in [9.17, 15) is 4.79 Å². The van der Waals surface area contributed by atoms with Crippen LogP contribution >= 0.6 is 15.9 Å². The predicted octanol–water partition coefficient (Wildman–Crippen LogP) is 3.23. The zero-order chi connectivity index (χ0) is 15.7. The molecule has 1 atom stereocenters. The first-order chi connectivity index (χ1) is 10.6. The van der Waals surface area contributed by atoms with Crippen LogP contribution in [-0.4, -0.2) is 20.1 Å². The van der Waals surface area contributed by atoms with Crippen LogP contribution in [0.2, 0.25) is 0 Å². The SMILES string of the molecule is COc1cc2c(cc1OC)[C@@H](c1ccc(Br)cc1)NC(=O)C2. The van der Waals surface area contributed by atoms with E-state index in [0.717, 1.165) is 21.2 Å². The summed E-state index contributed by atoms with van der Waals surface area (Å²) in [6.45, 7) is 0. The van der Waals surface area contributed by atoms with Crippen molar-refractivity contribution in [1.29, 1.82) is 0 Å². The van der Waals surface area contributed by atoms with E-state index in [4.69, 9.17) is 9.47 Å². The number of nitrogens with one attached hydrogen (secondary N) is 1. The second-order valence-electron chi connectivity index (χ2n) is 5.13. The minimum atomic E-state index is -0.177. The molecule has 5 heteroatoms. The van der Waals surface area contributed by atoms with Crippen molar-refractivity contribution in [1.82, 2.24) is 5.32 Å². The van der Waals surface area contributed by atoms with Crippen LogP contribution in [0.3, 0.4) is 0 Å². The number of carbonyl (C=O) groups is 1. The van der Waals surface area contributed by atoms with Gasteiger partial charge < -0.3 is 14.8 Å². The first-order valence-corrected chi connectivity index (χ1v) is 7.71. The van der Waals surface area contributed by atoms with Gasteiger partial charge in [0.05, 0.1) is 26.7 Å². The highest BCUT2D eigenvalue weighted by molar-refractivity contribution is 9.10. The number of fused-ring (bicyclic) bond motifs is 1. The second kappa shape index (κ2) is 6.01. The Kier molecular flexibility index (Phi) is 4.07. The van der Waals surface area contributed by atoms with E-state index < -0.39 is 0 Å². The maximum absolute atomic E-state index is 12.0. The number of rotatable bonds is 3. The van der Waals surface area contributed by atoms with Gasteiger partial charge in [-0.15, -0.1) is 0 Å². The summed E-state index contributed by atoms with van der Waals surface area (Å²) in [6, 6.07) is 11.6. The maximum atomic E-state index is 12.0. The molecule has 3 rings (SSSR count). The van der Waals surface area contributed by atoms with Crippen molar-refractivity contribution in [2.24, 2.45) is 0 Å². The van der Waals surface area contributed by atoms with Crippen molar-refractivity contribution < 1.29 is 14.3 Å². The highest BCUT2D eigenvalue weighted by Crippen LogP contribution is 2.37. The number of methoxy groups -OCH3 is 2. The van der Waals surface area contributed by atoms with Gasteiger partial charge in [-0.25, -0.2) is 0 Å². The van der Waals surface area contributed by atoms with Gasteiger partial charge in [0.15, 0.2) is 11.5 Å². The first kappa shape index (κ1) is 14.9. The Bertz CT molecular complexity index is 713.